The number of carbonyl (C=O) groups is 2. The van der Waals surface area contributed by atoms with Crippen LogP contribution < -0.4 is 10.7 Å². The van der Waals surface area contributed by atoms with Gasteiger partial charge in [-0.2, -0.15) is 5.10 Å². The van der Waals surface area contributed by atoms with Crippen molar-refractivity contribution >= 4 is 46.2 Å². The highest BCUT2D eigenvalue weighted by Crippen LogP contribution is 2.40. The molecule has 1 aromatic heterocycles. The van der Waals surface area contributed by atoms with Gasteiger partial charge in [0.05, 0.1) is 18.4 Å². The van der Waals surface area contributed by atoms with Crippen LogP contribution in [-0.2, 0) is 17.6 Å². The first-order valence-corrected chi connectivity index (χ1v) is 10.3. The number of anilines is 1. The summed E-state index contributed by atoms with van der Waals surface area (Å²) in [5, 5.41) is 7.71. The van der Waals surface area contributed by atoms with Crippen LogP contribution in [0.4, 0.5) is 9.80 Å². The van der Waals surface area contributed by atoms with E-state index in [0.717, 1.165) is 29.7 Å². The minimum absolute atomic E-state index is 0.285. The van der Waals surface area contributed by atoms with Crippen LogP contribution in [0.1, 0.15) is 46.6 Å². The summed E-state index contributed by atoms with van der Waals surface area (Å²) in [6.45, 7) is 4.24. The topological polar surface area (TPSA) is 79.8 Å². The number of thiophene rings is 1. The number of esters is 1. The van der Waals surface area contributed by atoms with Gasteiger partial charge in [0.25, 0.3) is 0 Å². The minimum atomic E-state index is -0.527. The standard InChI is InChI=1S/C20H22ClN3O3S/c1-3-27-19(25)17-14-9-8-12(2)10-16(14)28-18(17)23-20(26)24-22-11-13-6-4-5-7-15(13)21/h4-7,11-12H,3,8-10H2,1-2H3,(H2,23,24,26). The van der Waals surface area contributed by atoms with Gasteiger partial charge in [0.15, 0.2) is 0 Å². The Balaban J connectivity index is 1.74. The fraction of sp³-hybridized carbons (Fsp3) is 0.350. The molecule has 2 N–H and O–H groups in total. The lowest BCUT2D eigenvalue weighted by atomic mass is 9.88. The van der Waals surface area contributed by atoms with Crippen molar-refractivity contribution in [3.63, 3.8) is 0 Å². The number of hydrazone groups is 1. The fourth-order valence-corrected chi connectivity index (χ4v) is 4.71. The molecule has 148 valence electrons. The Labute approximate surface area is 172 Å². The highest BCUT2D eigenvalue weighted by atomic mass is 35.5. The number of nitrogens with zero attached hydrogens (tertiary/aromatic N) is 1. The molecular weight excluding hydrogens is 398 g/mol. The molecule has 0 bridgehead atoms. The van der Waals surface area contributed by atoms with Crippen LogP contribution in [0.2, 0.25) is 5.02 Å². The zero-order valence-electron chi connectivity index (χ0n) is 15.8. The number of fused-ring (bicyclic) bond motifs is 1. The van der Waals surface area contributed by atoms with E-state index >= 15 is 0 Å². The van der Waals surface area contributed by atoms with Crippen molar-refractivity contribution in [2.75, 3.05) is 11.9 Å². The van der Waals surface area contributed by atoms with Crippen LogP contribution in [0.25, 0.3) is 0 Å². The van der Waals surface area contributed by atoms with Crippen LogP contribution in [0.15, 0.2) is 29.4 Å². The van der Waals surface area contributed by atoms with Gasteiger partial charge in [-0.3, -0.25) is 5.32 Å². The average molecular weight is 420 g/mol. The van der Waals surface area contributed by atoms with Crippen molar-refractivity contribution in [3.8, 4) is 0 Å². The van der Waals surface area contributed by atoms with Gasteiger partial charge in [0, 0.05) is 15.5 Å². The first-order chi connectivity index (χ1) is 13.5. The second-order valence-corrected chi connectivity index (χ2v) is 8.13. The third-order valence-corrected chi connectivity index (χ3v) is 6.01. The summed E-state index contributed by atoms with van der Waals surface area (Å²) in [6, 6.07) is 6.65. The number of urea groups is 1. The maximum Gasteiger partial charge on any atom is 0.341 e. The van der Waals surface area contributed by atoms with Crippen LogP contribution in [0.3, 0.4) is 0 Å². The van der Waals surface area contributed by atoms with Crippen LogP contribution in [0, 0.1) is 5.92 Å². The SMILES string of the molecule is CCOC(=O)c1c(NC(=O)NN=Cc2ccccc2Cl)sc2c1CCC(C)C2. The molecule has 0 radical (unpaired) electrons. The molecule has 0 saturated carbocycles. The highest BCUT2D eigenvalue weighted by Gasteiger charge is 2.29. The molecule has 0 spiro atoms. The van der Waals surface area contributed by atoms with Crippen molar-refractivity contribution in [1.82, 2.24) is 5.43 Å². The van der Waals surface area contributed by atoms with Gasteiger partial charge >= 0.3 is 12.0 Å². The summed E-state index contributed by atoms with van der Waals surface area (Å²) in [6.07, 6.45) is 4.20. The first kappa shape index (κ1) is 20.4. The largest absolute Gasteiger partial charge is 0.462 e. The Morgan fingerprint density at radius 3 is 2.93 bits per heavy atom. The normalized spacial score (nSPS) is 15.9. The van der Waals surface area contributed by atoms with E-state index in [9.17, 15) is 9.59 Å². The average Bonchev–Trinajstić information content (AvgIpc) is 3.00. The van der Waals surface area contributed by atoms with Gasteiger partial charge in [-0.15, -0.1) is 11.3 Å². The molecule has 3 rings (SSSR count). The molecule has 1 unspecified atom stereocenters. The first-order valence-electron chi connectivity index (χ1n) is 9.15. The van der Waals surface area contributed by atoms with Crippen molar-refractivity contribution in [1.29, 1.82) is 0 Å². The lowest BCUT2D eigenvalue weighted by molar-refractivity contribution is 0.0526. The van der Waals surface area contributed by atoms with Crippen LogP contribution in [-0.4, -0.2) is 24.8 Å². The highest BCUT2D eigenvalue weighted by molar-refractivity contribution is 7.17. The van der Waals surface area contributed by atoms with E-state index in [4.69, 9.17) is 16.3 Å². The second-order valence-electron chi connectivity index (χ2n) is 6.62. The summed E-state index contributed by atoms with van der Waals surface area (Å²) >= 11 is 7.49. The Morgan fingerprint density at radius 2 is 2.18 bits per heavy atom. The molecule has 6 nitrogen and oxygen atoms in total. The fourth-order valence-electron chi connectivity index (χ4n) is 3.13. The molecule has 2 amide bonds. The smallest absolute Gasteiger partial charge is 0.341 e. The van der Waals surface area contributed by atoms with E-state index in [-0.39, 0.29) is 6.61 Å². The third-order valence-electron chi connectivity index (χ3n) is 4.49. The molecule has 0 aliphatic heterocycles. The van der Waals surface area contributed by atoms with E-state index in [0.29, 0.717) is 27.1 Å². The molecule has 1 aromatic carbocycles. The number of hydrogen-bond donors (Lipinski definition) is 2. The third kappa shape index (κ3) is 4.72. The lowest BCUT2D eigenvalue weighted by Crippen LogP contribution is -2.25. The van der Waals surface area contributed by atoms with E-state index in [1.54, 1.807) is 19.1 Å². The Kier molecular flexibility index (Phi) is 6.70. The van der Waals surface area contributed by atoms with E-state index in [2.05, 4.69) is 22.8 Å². The number of hydrogen-bond acceptors (Lipinski definition) is 5. The van der Waals surface area contributed by atoms with E-state index < -0.39 is 12.0 Å². The van der Waals surface area contributed by atoms with Gasteiger partial charge in [-0.1, -0.05) is 36.7 Å². The number of amides is 2. The zero-order chi connectivity index (χ0) is 20.1. The second kappa shape index (κ2) is 9.21. The molecule has 28 heavy (non-hydrogen) atoms. The molecule has 1 aliphatic rings. The predicted molar refractivity (Wildman–Crippen MR) is 113 cm³/mol. The van der Waals surface area contributed by atoms with Crippen molar-refractivity contribution in [2.45, 2.75) is 33.1 Å². The zero-order valence-corrected chi connectivity index (χ0v) is 17.3. The number of rotatable bonds is 5. The molecule has 8 heteroatoms. The number of nitrogens with one attached hydrogen (secondary N) is 2. The Hall–Kier alpha value is -2.38. The summed E-state index contributed by atoms with van der Waals surface area (Å²) in [7, 11) is 0. The molecule has 1 atom stereocenters. The number of ether oxygens (including phenoxy) is 1. The molecule has 0 saturated heterocycles. The number of carbonyl (C=O) groups excluding carboxylic acids is 2. The van der Waals surface area contributed by atoms with Gasteiger partial charge in [0.1, 0.15) is 5.00 Å². The summed E-state index contributed by atoms with van der Waals surface area (Å²) < 4.78 is 5.21. The lowest BCUT2D eigenvalue weighted by Gasteiger charge is -2.18. The van der Waals surface area contributed by atoms with Crippen molar-refractivity contribution in [3.05, 3.63) is 50.9 Å². The quantitative estimate of drug-likeness (QED) is 0.412. The monoisotopic (exact) mass is 419 g/mol. The van der Waals surface area contributed by atoms with Crippen molar-refractivity contribution < 1.29 is 14.3 Å². The van der Waals surface area contributed by atoms with Crippen LogP contribution in [0.5, 0.6) is 0 Å². The van der Waals surface area contributed by atoms with Gasteiger partial charge in [-0.05, 0) is 43.7 Å². The minimum Gasteiger partial charge on any atom is -0.462 e. The maximum absolute atomic E-state index is 12.5. The van der Waals surface area contributed by atoms with Gasteiger partial charge in [0.2, 0.25) is 0 Å². The Bertz CT molecular complexity index is 910. The number of benzene rings is 1. The molecule has 1 aliphatic carbocycles. The maximum atomic E-state index is 12.5. The predicted octanol–water partition coefficient (Wildman–Crippen LogP) is 4.86. The van der Waals surface area contributed by atoms with Gasteiger partial charge < -0.3 is 4.74 Å². The number of halogens is 1. The van der Waals surface area contributed by atoms with Crippen LogP contribution >= 0.6 is 22.9 Å². The molecular formula is C20H22ClN3O3S. The molecule has 2 aromatic rings. The summed E-state index contributed by atoms with van der Waals surface area (Å²) in [5.74, 6) is 0.160. The Morgan fingerprint density at radius 1 is 1.39 bits per heavy atom. The summed E-state index contributed by atoms with van der Waals surface area (Å²) in [5.41, 5.74) is 4.57. The molecule has 1 heterocycles. The van der Waals surface area contributed by atoms with E-state index in [1.807, 2.05) is 12.1 Å². The molecule has 0 fully saturated rings. The summed E-state index contributed by atoms with van der Waals surface area (Å²) in [4.78, 5) is 25.9. The van der Waals surface area contributed by atoms with Crippen molar-refractivity contribution in [2.24, 2.45) is 11.0 Å². The van der Waals surface area contributed by atoms with E-state index in [1.165, 1.54) is 17.6 Å². The van der Waals surface area contributed by atoms with Gasteiger partial charge in [-0.25, -0.2) is 15.0 Å².